The van der Waals surface area contributed by atoms with E-state index in [-0.39, 0.29) is 0 Å². The first-order chi connectivity index (χ1) is 9.96. The summed E-state index contributed by atoms with van der Waals surface area (Å²) in [6.07, 6.45) is 4.59. The maximum atomic E-state index is 12.0. The largest absolute Gasteiger partial charge is 0.480 e. The smallest absolute Gasteiger partial charge is 0.328 e. The van der Waals surface area contributed by atoms with Crippen molar-refractivity contribution in [3.63, 3.8) is 0 Å². The van der Waals surface area contributed by atoms with Crippen LogP contribution in [-0.2, 0) is 10.3 Å². The highest BCUT2D eigenvalue weighted by Crippen LogP contribution is 2.32. The predicted molar refractivity (Wildman–Crippen MR) is 85.6 cm³/mol. The van der Waals surface area contributed by atoms with Crippen LogP contribution in [0, 0.1) is 0 Å². The van der Waals surface area contributed by atoms with Gasteiger partial charge < -0.3 is 5.11 Å². The minimum atomic E-state index is -0.917. The Bertz CT molecular complexity index is 472. The van der Waals surface area contributed by atoms with Gasteiger partial charge in [0.05, 0.1) is 0 Å². The molecule has 0 saturated carbocycles. The lowest BCUT2D eigenvalue weighted by Gasteiger charge is -2.37. The van der Waals surface area contributed by atoms with Gasteiger partial charge in [-0.1, -0.05) is 51.0 Å². The number of hydrogen-bond acceptors (Lipinski definition) is 2. The summed E-state index contributed by atoms with van der Waals surface area (Å²) >= 11 is 0. The summed E-state index contributed by atoms with van der Waals surface area (Å²) in [5.41, 5.74) is 1.23. The molecule has 3 nitrogen and oxygen atoms in total. The van der Waals surface area contributed by atoms with Crippen LogP contribution in [0.1, 0.15) is 63.5 Å². The van der Waals surface area contributed by atoms with Crippen molar-refractivity contribution in [3.05, 3.63) is 35.4 Å². The van der Waals surface area contributed by atoms with Crippen LogP contribution in [0.5, 0.6) is 0 Å². The molecule has 0 bridgehead atoms. The van der Waals surface area contributed by atoms with Gasteiger partial charge in [0, 0.05) is 0 Å². The third kappa shape index (κ3) is 3.29. The molecular formula is C18H27NO2. The second-order valence-corrected chi connectivity index (χ2v) is 6.56. The number of likely N-dealkylation sites (tertiary alicyclic amines) is 1. The molecule has 1 N–H and O–H groups in total. The lowest BCUT2D eigenvalue weighted by atomic mass is 9.88. The zero-order valence-electron chi connectivity index (χ0n) is 13.4. The first kappa shape index (κ1) is 16.0. The summed E-state index contributed by atoms with van der Waals surface area (Å²) in [5.74, 6) is -0.282. The molecule has 0 radical (unpaired) electrons. The van der Waals surface area contributed by atoms with E-state index in [1.807, 2.05) is 19.1 Å². The van der Waals surface area contributed by atoms with Gasteiger partial charge in [-0.3, -0.25) is 4.90 Å². The Hall–Kier alpha value is -1.35. The molecule has 0 amide bonds. The van der Waals surface area contributed by atoms with Gasteiger partial charge in [-0.15, -0.1) is 0 Å². The number of carboxylic acids is 1. The third-order valence-corrected chi connectivity index (χ3v) is 4.79. The van der Waals surface area contributed by atoms with Crippen LogP contribution in [0.25, 0.3) is 0 Å². The fourth-order valence-electron chi connectivity index (χ4n) is 3.15. The number of carboxylic acid groups (broad SMARTS) is 1. The second kappa shape index (κ2) is 6.61. The highest BCUT2D eigenvalue weighted by molar-refractivity contribution is 5.80. The lowest BCUT2D eigenvalue weighted by Crippen LogP contribution is -2.50. The summed E-state index contributed by atoms with van der Waals surface area (Å²) in [6, 6.07) is 8.13. The summed E-state index contributed by atoms with van der Waals surface area (Å²) in [4.78, 5) is 14.2. The van der Waals surface area contributed by atoms with Crippen LogP contribution < -0.4 is 0 Å². The van der Waals surface area contributed by atoms with Gasteiger partial charge in [0.1, 0.15) is 5.54 Å². The average molecular weight is 289 g/mol. The van der Waals surface area contributed by atoms with Gasteiger partial charge in [-0.25, -0.2) is 4.79 Å². The summed E-state index contributed by atoms with van der Waals surface area (Å²) in [5, 5.41) is 9.87. The maximum absolute atomic E-state index is 12.0. The first-order valence-corrected chi connectivity index (χ1v) is 8.05. The van der Waals surface area contributed by atoms with E-state index in [2.05, 4.69) is 30.9 Å². The Morgan fingerprint density at radius 2 is 1.62 bits per heavy atom. The van der Waals surface area contributed by atoms with E-state index in [0.717, 1.165) is 31.5 Å². The lowest BCUT2D eigenvalue weighted by molar-refractivity contribution is -0.151. The topological polar surface area (TPSA) is 40.5 Å². The van der Waals surface area contributed by atoms with Crippen LogP contribution >= 0.6 is 0 Å². The minimum Gasteiger partial charge on any atom is -0.480 e. The molecule has 0 aliphatic carbocycles. The van der Waals surface area contributed by atoms with E-state index in [9.17, 15) is 9.90 Å². The van der Waals surface area contributed by atoms with Gasteiger partial charge in [0.25, 0.3) is 0 Å². The quantitative estimate of drug-likeness (QED) is 0.911. The van der Waals surface area contributed by atoms with Crippen LogP contribution in [0.15, 0.2) is 24.3 Å². The van der Waals surface area contributed by atoms with Crippen molar-refractivity contribution >= 4 is 5.97 Å². The number of carbonyl (C=O) groups is 1. The van der Waals surface area contributed by atoms with E-state index in [1.54, 1.807) is 0 Å². The number of hydrogen-bond donors (Lipinski definition) is 1. The zero-order valence-corrected chi connectivity index (χ0v) is 13.4. The van der Waals surface area contributed by atoms with Crippen molar-refractivity contribution in [2.24, 2.45) is 0 Å². The summed E-state index contributed by atoms with van der Waals surface area (Å²) < 4.78 is 0. The molecule has 1 saturated heterocycles. The van der Waals surface area contributed by atoms with E-state index >= 15 is 0 Å². The Kier molecular flexibility index (Phi) is 5.04. The molecule has 116 valence electrons. The van der Waals surface area contributed by atoms with E-state index in [4.69, 9.17) is 0 Å². The fraction of sp³-hybridized carbons (Fsp3) is 0.611. The Morgan fingerprint density at radius 3 is 2.05 bits per heavy atom. The molecule has 1 aliphatic heterocycles. The van der Waals surface area contributed by atoms with Gasteiger partial charge in [-0.2, -0.15) is 0 Å². The summed E-state index contributed by atoms with van der Waals surface area (Å²) in [6.45, 7) is 7.90. The van der Waals surface area contributed by atoms with Crippen LogP contribution in [0.2, 0.25) is 0 Å². The molecule has 1 aromatic carbocycles. The van der Waals surface area contributed by atoms with Gasteiger partial charge in [-0.05, 0) is 49.9 Å². The van der Waals surface area contributed by atoms with Gasteiger partial charge in [0.2, 0.25) is 0 Å². The Morgan fingerprint density at radius 1 is 1.10 bits per heavy atom. The maximum Gasteiger partial charge on any atom is 0.328 e. The number of nitrogens with zero attached hydrogens (tertiary/aromatic N) is 1. The SMILES string of the molecule is CC(C)c1ccc(C(C)(C(=O)O)N2CCCCCC2)cc1. The number of benzene rings is 1. The standard InChI is InChI=1S/C18H27NO2/c1-14(2)15-8-10-16(11-9-15)18(3,17(20)21)19-12-6-4-5-7-13-19/h8-11,14H,4-7,12-13H2,1-3H3,(H,20,21). The van der Waals surface area contributed by atoms with Crippen molar-refractivity contribution in [1.82, 2.24) is 4.90 Å². The highest BCUT2D eigenvalue weighted by Gasteiger charge is 2.41. The molecule has 1 aliphatic rings. The highest BCUT2D eigenvalue weighted by atomic mass is 16.4. The molecule has 1 unspecified atom stereocenters. The van der Waals surface area contributed by atoms with Gasteiger partial charge in [0.15, 0.2) is 0 Å². The minimum absolute atomic E-state index is 0.466. The second-order valence-electron chi connectivity index (χ2n) is 6.56. The molecule has 1 atom stereocenters. The molecular weight excluding hydrogens is 262 g/mol. The number of aliphatic carboxylic acids is 1. The molecule has 2 rings (SSSR count). The normalized spacial score (nSPS) is 20.0. The van der Waals surface area contributed by atoms with Crippen molar-refractivity contribution in [3.8, 4) is 0 Å². The molecule has 1 aromatic rings. The van der Waals surface area contributed by atoms with E-state index in [1.165, 1.54) is 18.4 Å². The molecule has 21 heavy (non-hydrogen) atoms. The Balaban J connectivity index is 2.34. The van der Waals surface area contributed by atoms with Crippen LogP contribution in [-0.4, -0.2) is 29.1 Å². The average Bonchev–Trinajstić information content (AvgIpc) is 2.75. The van der Waals surface area contributed by atoms with Gasteiger partial charge >= 0.3 is 5.97 Å². The third-order valence-electron chi connectivity index (χ3n) is 4.79. The van der Waals surface area contributed by atoms with Crippen LogP contribution in [0.4, 0.5) is 0 Å². The Labute approximate surface area is 128 Å². The van der Waals surface area contributed by atoms with Crippen molar-refractivity contribution in [2.45, 2.75) is 57.9 Å². The molecule has 1 heterocycles. The van der Waals surface area contributed by atoms with Crippen molar-refractivity contribution in [2.75, 3.05) is 13.1 Å². The van der Waals surface area contributed by atoms with E-state index < -0.39 is 11.5 Å². The molecule has 0 spiro atoms. The van der Waals surface area contributed by atoms with E-state index in [0.29, 0.717) is 5.92 Å². The molecule has 0 aromatic heterocycles. The zero-order chi connectivity index (χ0) is 15.5. The molecule has 1 fully saturated rings. The predicted octanol–water partition coefficient (Wildman–Crippen LogP) is 3.99. The first-order valence-electron chi connectivity index (χ1n) is 8.05. The van der Waals surface area contributed by atoms with Crippen molar-refractivity contribution in [1.29, 1.82) is 0 Å². The van der Waals surface area contributed by atoms with Crippen LogP contribution in [0.3, 0.4) is 0 Å². The number of rotatable bonds is 4. The van der Waals surface area contributed by atoms with Crippen molar-refractivity contribution < 1.29 is 9.90 Å². The fourth-order valence-corrected chi connectivity index (χ4v) is 3.15. The summed E-state index contributed by atoms with van der Waals surface area (Å²) in [7, 11) is 0. The monoisotopic (exact) mass is 289 g/mol. The molecule has 3 heteroatoms.